The Labute approximate surface area is 243 Å². The van der Waals surface area contributed by atoms with Crippen LogP contribution in [0.1, 0.15) is 64.7 Å². The summed E-state index contributed by atoms with van der Waals surface area (Å²) < 4.78 is 97.9. The molecule has 4 rings (SSSR count). The Morgan fingerprint density at radius 2 is 0.953 bits per heavy atom. The van der Waals surface area contributed by atoms with Crippen LogP contribution in [0.3, 0.4) is 0 Å². The second-order valence-corrected chi connectivity index (χ2v) is 9.43. The van der Waals surface area contributed by atoms with E-state index >= 15 is 0 Å². The van der Waals surface area contributed by atoms with E-state index in [-0.39, 0.29) is 13.2 Å². The predicted molar refractivity (Wildman–Crippen MR) is 147 cm³/mol. The van der Waals surface area contributed by atoms with Gasteiger partial charge in [-0.25, -0.2) is 9.97 Å². The van der Waals surface area contributed by atoms with E-state index in [1.165, 1.54) is 36.8 Å². The standard InChI is InChI=1S/C31H28F6N2O4/c32-30(33,34)24-10-4-22(5-11-24)8-14-28-38-26(20-42-28)18-40-16-2-1-3-17-41-19-27-21-43-29(39-27)15-9-23-6-12-25(13-7-23)31(35,36)37/h4-15,20-21H,1-3,16-19H2/b14-8+,15-9+. The molecule has 0 aliphatic carbocycles. The highest BCUT2D eigenvalue weighted by Gasteiger charge is 2.30. The molecule has 0 fully saturated rings. The molecule has 12 heteroatoms. The number of ether oxygens (including phenoxy) is 2. The van der Waals surface area contributed by atoms with E-state index < -0.39 is 23.5 Å². The molecule has 2 aromatic carbocycles. The van der Waals surface area contributed by atoms with Crippen molar-refractivity contribution in [3.63, 3.8) is 0 Å². The first-order valence-corrected chi connectivity index (χ1v) is 13.3. The molecular formula is C31H28F6N2O4. The molecule has 0 bridgehead atoms. The lowest BCUT2D eigenvalue weighted by molar-refractivity contribution is -0.138. The van der Waals surface area contributed by atoms with Crippen LogP contribution in [0.4, 0.5) is 26.3 Å². The number of oxazole rings is 2. The van der Waals surface area contributed by atoms with Gasteiger partial charge >= 0.3 is 12.4 Å². The Kier molecular flexibility index (Phi) is 11.0. The summed E-state index contributed by atoms with van der Waals surface area (Å²) in [5.41, 5.74) is 0.981. The Morgan fingerprint density at radius 1 is 0.558 bits per heavy atom. The Morgan fingerprint density at radius 3 is 1.33 bits per heavy atom. The fourth-order valence-electron chi connectivity index (χ4n) is 3.77. The molecule has 2 heterocycles. The molecule has 0 unspecified atom stereocenters. The molecule has 0 atom stereocenters. The number of halogens is 6. The van der Waals surface area contributed by atoms with Gasteiger partial charge in [-0.15, -0.1) is 0 Å². The lowest BCUT2D eigenvalue weighted by atomic mass is 10.1. The summed E-state index contributed by atoms with van der Waals surface area (Å²) in [4.78, 5) is 8.55. The average molecular weight is 607 g/mol. The van der Waals surface area contributed by atoms with Gasteiger partial charge in [0.25, 0.3) is 0 Å². The second kappa shape index (κ2) is 14.8. The van der Waals surface area contributed by atoms with Gasteiger partial charge < -0.3 is 18.3 Å². The number of benzene rings is 2. The fraction of sp³-hybridized carbons (Fsp3) is 0.290. The van der Waals surface area contributed by atoms with E-state index in [1.807, 2.05) is 0 Å². The van der Waals surface area contributed by atoms with Crippen molar-refractivity contribution in [3.8, 4) is 0 Å². The van der Waals surface area contributed by atoms with Crippen molar-refractivity contribution in [2.45, 2.75) is 44.8 Å². The zero-order valence-electron chi connectivity index (χ0n) is 22.8. The molecule has 6 nitrogen and oxygen atoms in total. The van der Waals surface area contributed by atoms with Gasteiger partial charge in [-0.2, -0.15) is 26.3 Å². The van der Waals surface area contributed by atoms with Crippen LogP contribution in [-0.4, -0.2) is 23.2 Å². The molecule has 4 aromatic rings. The molecule has 0 amide bonds. The molecule has 2 aromatic heterocycles. The Balaban J connectivity index is 1.05. The second-order valence-electron chi connectivity index (χ2n) is 9.43. The van der Waals surface area contributed by atoms with Crippen molar-refractivity contribution in [2.75, 3.05) is 13.2 Å². The molecule has 0 radical (unpaired) electrons. The Hall–Kier alpha value is -4.16. The molecular weight excluding hydrogens is 578 g/mol. The van der Waals surface area contributed by atoms with Crippen LogP contribution in [0.25, 0.3) is 24.3 Å². The summed E-state index contributed by atoms with van der Waals surface area (Å²) in [6.45, 7) is 1.61. The number of aromatic nitrogens is 2. The van der Waals surface area contributed by atoms with E-state index in [1.54, 1.807) is 24.3 Å². The molecule has 0 spiro atoms. The normalized spacial score (nSPS) is 12.6. The van der Waals surface area contributed by atoms with Gasteiger partial charge in [0, 0.05) is 25.4 Å². The topological polar surface area (TPSA) is 70.5 Å². The number of rotatable bonds is 14. The predicted octanol–water partition coefficient (Wildman–Crippen LogP) is 8.94. The summed E-state index contributed by atoms with van der Waals surface area (Å²) >= 11 is 0. The smallest absolute Gasteiger partial charge is 0.416 e. The summed E-state index contributed by atoms with van der Waals surface area (Å²) in [6.07, 6.45) is 3.12. The molecule has 43 heavy (non-hydrogen) atoms. The van der Waals surface area contributed by atoms with Crippen LogP contribution in [0.15, 0.2) is 69.9 Å². The van der Waals surface area contributed by atoms with Gasteiger partial charge in [0.2, 0.25) is 11.8 Å². The van der Waals surface area contributed by atoms with Crippen LogP contribution < -0.4 is 0 Å². The van der Waals surface area contributed by atoms with Gasteiger partial charge in [-0.3, -0.25) is 0 Å². The number of hydrogen-bond acceptors (Lipinski definition) is 6. The van der Waals surface area contributed by atoms with Gasteiger partial charge in [0.1, 0.15) is 23.9 Å². The van der Waals surface area contributed by atoms with E-state index in [9.17, 15) is 26.3 Å². The van der Waals surface area contributed by atoms with Gasteiger partial charge in [0.05, 0.1) is 24.3 Å². The van der Waals surface area contributed by atoms with Crippen LogP contribution in [-0.2, 0) is 35.0 Å². The van der Waals surface area contributed by atoms with E-state index in [2.05, 4.69) is 9.97 Å². The van der Waals surface area contributed by atoms with Crippen molar-refractivity contribution in [1.82, 2.24) is 9.97 Å². The van der Waals surface area contributed by atoms with Crippen molar-refractivity contribution in [3.05, 3.63) is 106 Å². The average Bonchev–Trinajstić information content (AvgIpc) is 3.63. The first-order valence-electron chi connectivity index (χ1n) is 13.3. The largest absolute Gasteiger partial charge is 0.445 e. The lowest BCUT2D eigenvalue weighted by Crippen LogP contribution is -2.03. The molecule has 0 aliphatic heterocycles. The van der Waals surface area contributed by atoms with Crippen LogP contribution in [0, 0.1) is 0 Å². The summed E-state index contributed by atoms with van der Waals surface area (Å²) in [7, 11) is 0. The third-order valence-corrected chi connectivity index (χ3v) is 6.03. The van der Waals surface area contributed by atoms with E-state index in [4.69, 9.17) is 18.3 Å². The Bertz CT molecular complexity index is 1360. The quantitative estimate of drug-likeness (QED) is 0.105. The third-order valence-electron chi connectivity index (χ3n) is 6.03. The van der Waals surface area contributed by atoms with E-state index in [0.29, 0.717) is 47.5 Å². The highest BCUT2D eigenvalue weighted by Crippen LogP contribution is 2.30. The van der Waals surface area contributed by atoms with Crippen molar-refractivity contribution in [2.24, 2.45) is 0 Å². The molecule has 0 N–H and O–H groups in total. The van der Waals surface area contributed by atoms with Crippen LogP contribution in [0.5, 0.6) is 0 Å². The zero-order valence-corrected chi connectivity index (χ0v) is 22.8. The number of alkyl halides is 6. The monoisotopic (exact) mass is 606 g/mol. The molecule has 0 saturated carbocycles. The maximum Gasteiger partial charge on any atom is 0.416 e. The lowest BCUT2D eigenvalue weighted by Gasteiger charge is -2.05. The molecule has 228 valence electrons. The zero-order chi connectivity index (χ0) is 30.7. The number of nitrogens with zero attached hydrogens (tertiary/aromatic N) is 2. The molecule has 0 saturated heterocycles. The highest BCUT2D eigenvalue weighted by atomic mass is 19.4. The van der Waals surface area contributed by atoms with Crippen molar-refractivity contribution in [1.29, 1.82) is 0 Å². The van der Waals surface area contributed by atoms with Crippen molar-refractivity contribution >= 4 is 24.3 Å². The van der Waals surface area contributed by atoms with Gasteiger partial charge in [-0.05, 0) is 66.8 Å². The van der Waals surface area contributed by atoms with E-state index in [0.717, 1.165) is 43.5 Å². The van der Waals surface area contributed by atoms with Crippen LogP contribution in [0.2, 0.25) is 0 Å². The number of hydrogen-bond donors (Lipinski definition) is 0. The van der Waals surface area contributed by atoms with Crippen molar-refractivity contribution < 1.29 is 44.7 Å². The maximum absolute atomic E-state index is 12.7. The SMILES string of the molecule is FC(F)(F)c1ccc(/C=C/c2nc(COCCCCCOCc3coc(/C=C/c4ccc(C(F)(F)F)cc4)n3)co2)cc1. The fourth-order valence-corrected chi connectivity index (χ4v) is 3.77. The van der Waals surface area contributed by atoms with Crippen LogP contribution >= 0.6 is 0 Å². The third kappa shape index (κ3) is 10.6. The minimum atomic E-state index is -4.37. The summed E-state index contributed by atoms with van der Waals surface area (Å²) in [6, 6.07) is 9.57. The first-order chi connectivity index (χ1) is 20.6. The number of unbranched alkanes of at least 4 members (excludes halogenated alkanes) is 2. The van der Waals surface area contributed by atoms with Gasteiger partial charge in [-0.1, -0.05) is 24.3 Å². The minimum absolute atomic E-state index is 0.274. The maximum atomic E-state index is 12.7. The summed E-state index contributed by atoms with van der Waals surface area (Å²) in [5, 5.41) is 0. The summed E-state index contributed by atoms with van der Waals surface area (Å²) in [5.74, 6) is 0.648. The highest BCUT2D eigenvalue weighted by molar-refractivity contribution is 5.66. The minimum Gasteiger partial charge on any atom is -0.445 e. The van der Waals surface area contributed by atoms with Gasteiger partial charge in [0.15, 0.2) is 0 Å². The molecule has 0 aliphatic rings. The first kappa shape index (κ1) is 31.8.